The first kappa shape index (κ1) is 9.36. The molecule has 1 saturated heterocycles. The molecule has 0 aromatic rings. The molecule has 0 radical (unpaired) electrons. The molecule has 1 amide bonds. The zero-order valence-corrected chi connectivity index (χ0v) is 8.23. The van der Waals surface area contributed by atoms with E-state index in [0.29, 0.717) is 6.54 Å². The van der Waals surface area contributed by atoms with Crippen LogP contribution >= 0.6 is 0 Å². The first-order valence-corrected chi connectivity index (χ1v) is 4.32. The van der Waals surface area contributed by atoms with Gasteiger partial charge in [0.1, 0.15) is 5.60 Å². The van der Waals surface area contributed by atoms with Crippen molar-refractivity contribution < 1.29 is 9.53 Å². The second-order valence-corrected chi connectivity index (χ2v) is 4.55. The van der Waals surface area contributed by atoms with Gasteiger partial charge in [-0.3, -0.25) is 0 Å². The Morgan fingerprint density at radius 2 is 2.08 bits per heavy atom. The predicted molar refractivity (Wildman–Crippen MR) is 47.0 cm³/mol. The van der Waals surface area contributed by atoms with Crippen molar-refractivity contribution in [1.82, 2.24) is 5.32 Å². The Morgan fingerprint density at radius 3 is 2.42 bits per heavy atom. The third-order valence-electron chi connectivity index (χ3n) is 2.78. The fourth-order valence-corrected chi connectivity index (χ4v) is 1.22. The lowest BCUT2D eigenvalue weighted by Crippen LogP contribution is -2.52. The molecular weight excluding hydrogens is 154 g/mol. The van der Waals surface area contributed by atoms with E-state index < -0.39 is 0 Å². The molecule has 12 heavy (non-hydrogen) atoms. The Labute approximate surface area is 73.5 Å². The summed E-state index contributed by atoms with van der Waals surface area (Å²) >= 11 is 0. The molecule has 0 aromatic carbocycles. The summed E-state index contributed by atoms with van der Waals surface area (Å²) in [7, 11) is 0. The van der Waals surface area contributed by atoms with E-state index >= 15 is 0 Å². The molecule has 1 aliphatic rings. The van der Waals surface area contributed by atoms with Gasteiger partial charge in [0.05, 0.1) is 0 Å². The maximum absolute atomic E-state index is 11.0. The number of hydrogen-bond acceptors (Lipinski definition) is 2. The molecule has 1 fully saturated rings. The average molecular weight is 171 g/mol. The highest BCUT2D eigenvalue weighted by Gasteiger charge is 2.42. The monoisotopic (exact) mass is 171 g/mol. The van der Waals surface area contributed by atoms with Crippen LogP contribution in [0.15, 0.2) is 0 Å². The third-order valence-corrected chi connectivity index (χ3v) is 2.78. The van der Waals surface area contributed by atoms with Gasteiger partial charge >= 0.3 is 6.09 Å². The fourth-order valence-electron chi connectivity index (χ4n) is 1.22. The van der Waals surface area contributed by atoms with Crippen molar-refractivity contribution in [2.75, 3.05) is 6.54 Å². The van der Waals surface area contributed by atoms with Crippen LogP contribution in [0.2, 0.25) is 0 Å². The number of rotatable bonds is 0. The zero-order valence-electron chi connectivity index (χ0n) is 8.23. The second kappa shape index (κ2) is 2.64. The minimum atomic E-state index is -0.324. The van der Waals surface area contributed by atoms with Crippen molar-refractivity contribution in [3.8, 4) is 0 Å². The average Bonchev–Trinajstić information content (AvgIpc) is 1.83. The normalized spacial score (nSPS) is 30.8. The van der Waals surface area contributed by atoms with E-state index in [4.69, 9.17) is 4.74 Å². The summed E-state index contributed by atoms with van der Waals surface area (Å²) in [5, 5.41) is 2.65. The number of cyclic esters (lactones) is 1. The van der Waals surface area contributed by atoms with Crippen molar-refractivity contribution in [2.45, 2.75) is 39.7 Å². The summed E-state index contributed by atoms with van der Waals surface area (Å²) in [6, 6.07) is 0. The van der Waals surface area contributed by atoms with E-state index in [1.807, 2.05) is 6.92 Å². The molecule has 0 bridgehead atoms. The molecular formula is C9H17NO2. The Morgan fingerprint density at radius 1 is 1.50 bits per heavy atom. The Kier molecular flexibility index (Phi) is 2.06. The van der Waals surface area contributed by atoms with E-state index in [9.17, 15) is 4.79 Å². The second-order valence-electron chi connectivity index (χ2n) is 4.55. The molecule has 1 N–H and O–H groups in total. The minimum absolute atomic E-state index is 0.00472. The highest BCUT2D eigenvalue weighted by Crippen LogP contribution is 2.37. The van der Waals surface area contributed by atoms with Gasteiger partial charge in [0.25, 0.3) is 0 Å². The SMILES string of the molecule is CC(C)(C)C1(C)CCNC(=O)O1. The number of hydrogen-bond donors (Lipinski definition) is 1. The molecule has 1 unspecified atom stereocenters. The van der Waals surface area contributed by atoms with Crippen LogP contribution < -0.4 is 5.32 Å². The van der Waals surface area contributed by atoms with Gasteiger partial charge in [-0.25, -0.2) is 4.79 Å². The Bertz CT molecular complexity index is 195. The van der Waals surface area contributed by atoms with Crippen molar-refractivity contribution in [2.24, 2.45) is 5.41 Å². The van der Waals surface area contributed by atoms with Crippen molar-refractivity contribution in [3.05, 3.63) is 0 Å². The highest BCUT2D eigenvalue weighted by molar-refractivity contribution is 5.68. The minimum Gasteiger partial charge on any atom is -0.443 e. The summed E-state index contributed by atoms with van der Waals surface area (Å²) in [6.45, 7) is 8.97. The summed E-state index contributed by atoms with van der Waals surface area (Å²) in [5.74, 6) is 0. The molecule has 1 rings (SSSR count). The van der Waals surface area contributed by atoms with E-state index in [2.05, 4.69) is 26.1 Å². The van der Waals surface area contributed by atoms with Gasteiger partial charge in [-0.05, 0) is 6.92 Å². The first-order chi connectivity index (χ1) is 5.35. The van der Waals surface area contributed by atoms with Crippen LogP contribution in [0.5, 0.6) is 0 Å². The standard InChI is InChI=1S/C9H17NO2/c1-8(2,3)9(4)5-6-10-7(11)12-9/h5-6H2,1-4H3,(H,10,11). The van der Waals surface area contributed by atoms with Crippen LogP contribution in [0.25, 0.3) is 0 Å². The largest absolute Gasteiger partial charge is 0.443 e. The first-order valence-electron chi connectivity index (χ1n) is 4.32. The molecule has 3 heteroatoms. The van der Waals surface area contributed by atoms with Crippen LogP contribution in [0.1, 0.15) is 34.1 Å². The zero-order chi connectivity index (χ0) is 9.41. The predicted octanol–water partition coefficient (Wildman–Crippen LogP) is 1.92. The molecule has 3 nitrogen and oxygen atoms in total. The number of carbonyl (C=O) groups excluding carboxylic acids is 1. The summed E-state index contributed by atoms with van der Waals surface area (Å²) in [6.07, 6.45) is 0.584. The number of amides is 1. The topological polar surface area (TPSA) is 38.3 Å². The molecule has 0 saturated carbocycles. The summed E-state index contributed by atoms with van der Waals surface area (Å²) < 4.78 is 5.29. The van der Waals surface area contributed by atoms with Crippen molar-refractivity contribution in [3.63, 3.8) is 0 Å². The van der Waals surface area contributed by atoms with Crippen LogP contribution in [0, 0.1) is 5.41 Å². The molecule has 1 aliphatic heterocycles. The lowest BCUT2D eigenvalue weighted by molar-refractivity contribution is -0.0730. The van der Waals surface area contributed by atoms with E-state index in [0.717, 1.165) is 6.42 Å². The third kappa shape index (κ3) is 1.54. The Hall–Kier alpha value is -0.730. The van der Waals surface area contributed by atoms with Crippen LogP contribution in [-0.4, -0.2) is 18.2 Å². The van der Waals surface area contributed by atoms with Gasteiger partial charge in [0.2, 0.25) is 0 Å². The van der Waals surface area contributed by atoms with Gasteiger partial charge in [-0.15, -0.1) is 0 Å². The number of carbonyl (C=O) groups is 1. The fraction of sp³-hybridized carbons (Fsp3) is 0.889. The highest BCUT2D eigenvalue weighted by atomic mass is 16.6. The number of alkyl carbamates (subject to hydrolysis) is 1. The maximum Gasteiger partial charge on any atom is 0.407 e. The van der Waals surface area contributed by atoms with Crippen molar-refractivity contribution >= 4 is 6.09 Å². The molecule has 1 heterocycles. The number of nitrogens with one attached hydrogen (secondary N) is 1. The van der Waals surface area contributed by atoms with E-state index in [-0.39, 0.29) is 17.1 Å². The lowest BCUT2D eigenvalue weighted by Gasteiger charge is -2.43. The van der Waals surface area contributed by atoms with Gasteiger partial charge in [0, 0.05) is 18.4 Å². The smallest absolute Gasteiger partial charge is 0.407 e. The van der Waals surface area contributed by atoms with Crippen LogP contribution in [-0.2, 0) is 4.74 Å². The summed E-state index contributed by atoms with van der Waals surface area (Å²) in [4.78, 5) is 11.0. The molecule has 0 spiro atoms. The molecule has 0 aromatic heterocycles. The van der Waals surface area contributed by atoms with E-state index in [1.165, 1.54) is 0 Å². The quantitative estimate of drug-likeness (QED) is 0.604. The van der Waals surface area contributed by atoms with Gasteiger partial charge < -0.3 is 10.1 Å². The lowest BCUT2D eigenvalue weighted by atomic mass is 9.75. The number of ether oxygens (including phenoxy) is 1. The van der Waals surface area contributed by atoms with Gasteiger partial charge in [-0.1, -0.05) is 20.8 Å². The summed E-state index contributed by atoms with van der Waals surface area (Å²) in [5.41, 5.74) is -0.319. The molecule has 1 atom stereocenters. The van der Waals surface area contributed by atoms with E-state index in [1.54, 1.807) is 0 Å². The Balaban J connectivity index is 2.77. The van der Waals surface area contributed by atoms with Crippen LogP contribution in [0.3, 0.4) is 0 Å². The maximum atomic E-state index is 11.0. The van der Waals surface area contributed by atoms with Gasteiger partial charge in [0.15, 0.2) is 0 Å². The molecule has 0 aliphatic carbocycles. The van der Waals surface area contributed by atoms with Gasteiger partial charge in [-0.2, -0.15) is 0 Å². The van der Waals surface area contributed by atoms with Crippen LogP contribution in [0.4, 0.5) is 4.79 Å². The molecule has 70 valence electrons. The van der Waals surface area contributed by atoms with Crippen molar-refractivity contribution in [1.29, 1.82) is 0 Å².